The number of carboxylic acid groups (broad SMARTS) is 1. The monoisotopic (exact) mass is 432 g/mol. The third kappa shape index (κ3) is 6.47. The van der Waals surface area contributed by atoms with Gasteiger partial charge in [-0.3, -0.25) is 9.47 Å². The maximum Gasteiger partial charge on any atom is 0.419 e. The van der Waals surface area contributed by atoms with Crippen molar-refractivity contribution in [3.8, 4) is 0 Å². The number of benzene rings is 1. The summed E-state index contributed by atoms with van der Waals surface area (Å²) in [7, 11) is 1.41. The summed E-state index contributed by atoms with van der Waals surface area (Å²) in [6.07, 6.45) is 0.977. The molecule has 0 radical (unpaired) electrons. The third-order valence-corrected chi connectivity index (χ3v) is 4.51. The Morgan fingerprint density at radius 3 is 2.16 bits per heavy atom. The molecule has 2 rings (SSSR count). The summed E-state index contributed by atoms with van der Waals surface area (Å²) in [6, 6.07) is 6.29. The van der Waals surface area contributed by atoms with Crippen LogP contribution in [0.1, 0.15) is 53.5 Å². The first-order valence-corrected chi connectivity index (χ1v) is 10.2. The van der Waals surface area contributed by atoms with E-state index in [4.69, 9.17) is 9.47 Å². The minimum absolute atomic E-state index is 0.160. The number of ether oxygens (including phenoxy) is 2. The van der Waals surface area contributed by atoms with Gasteiger partial charge in [0.2, 0.25) is 0 Å². The highest BCUT2D eigenvalue weighted by molar-refractivity contribution is 5.92. The van der Waals surface area contributed by atoms with Gasteiger partial charge in [-0.25, -0.2) is 14.4 Å². The number of hydrogen-bond donors (Lipinski definition) is 1. The maximum absolute atomic E-state index is 12.6. The highest BCUT2D eigenvalue weighted by atomic mass is 16.6. The van der Waals surface area contributed by atoms with Crippen LogP contribution in [0.25, 0.3) is 10.9 Å². The Labute approximate surface area is 182 Å². The molecular weight excluding hydrogens is 400 g/mol. The van der Waals surface area contributed by atoms with E-state index >= 15 is 0 Å². The standard InChI is InChI=1S/C23H32N2O6/c1-22(2,3)30-20(28)24(7)18(19(26)27)13-12-15-14-25(21(29)31-23(4,5)6)17-11-9-8-10-16(15)17/h8-11,14,18H,12-13H2,1-7H3,(H,26,27). The van der Waals surface area contributed by atoms with Gasteiger partial charge in [0.25, 0.3) is 0 Å². The van der Waals surface area contributed by atoms with Gasteiger partial charge in [0.05, 0.1) is 5.52 Å². The molecule has 2 aromatic rings. The number of aromatic nitrogens is 1. The van der Waals surface area contributed by atoms with E-state index in [1.54, 1.807) is 47.7 Å². The van der Waals surface area contributed by atoms with Crippen LogP contribution in [0.4, 0.5) is 9.59 Å². The lowest BCUT2D eigenvalue weighted by molar-refractivity contribution is -0.142. The van der Waals surface area contributed by atoms with Gasteiger partial charge in [-0.05, 0) is 66.0 Å². The number of likely N-dealkylation sites (N-methyl/N-ethyl adjacent to an activating group) is 1. The van der Waals surface area contributed by atoms with Crippen LogP contribution in [0.3, 0.4) is 0 Å². The molecule has 1 heterocycles. The molecule has 8 heteroatoms. The van der Waals surface area contributed by atoms with E-state index in [0.29, 0.717) is 11.9 Å². The number of carbonyl (C=O) groups is 3. The van der Waals surface area contributed by atoms with Crippen molar-refractivity contribution >= 4 is 29.1 Å². The van der Waals surface area contributed by atoms with E-state index in [1.165, 1.54) is 11.6 Å². The number of carbonyl (C=O) groups excluding carboxylic acids is 2. The van der Waals surface area contributed by atoms with Crippen LogP contribution < -0.4 is 0 Å². The second kappa shape index (κ2) is 8.99. The van der Waals surface area contributed by atoms with E-state index in [9.17, 15) is 19.5 Å². The minimum atomic E-state index is -1.12. The number of aliphatic carboxylic acids is 1. The van der Waals surface area contributed by atoms with Crippen molar-refractivity contribution in [2.45, 2.75) is 71.6 Å². The fourth-order valence-electron chi connectivity index (χ4n) is 3.15. The van der Waals surface area contributed by atoms with E-state index in [1.807, 2.05) is 24.3 Å². The van der Waals surface area contributed by atoms with Gasteiger partial charge >= 0.3 is 18.2 Å². The van der Waals surface area contributed by atoms with E-state index in [-0.39, 0.29) is 6.42 Å². The number of aryl methyl sites for hydroxylation is 1. The Morgan fingerprint density at radius 2 is 1.61 bits per heavy atom. The molecule has 1 aromatic heterocycles. The average Bonchev–Trinajstić information content (AvgIpc) is 2.97. The molecule has 0 aliphatic heterocycles. The van der Waals surface area contributed by atoms with E-state index < -0.39 is 35.4 Å². The van der Waals surface area contributed by atoms with Crippen molar-refractivity contribution in [3.05, 3.63) is 36.0 Å². The van der Waals surface area contributed by atoms with Crippen molar-refractivity contribution in [2.24, 2.45) is 0 Å². The van der Waals surface area contributed by atoms with Gasteiger partial charge in [-0.2, -0.15) is 0 Å². The smallest absolute Gasteiger partial charge is 0.419 e. The topological polar surface area (TPSA) is 98.1 Å². The Hall–Kier alpha value is -3.03. The lowest BCUT2D eigenvalue weighted by atomic mass is 10.0. The third-order valence-electron chi connectivity index (χ3n) is 4.51. The van der Waals surface area contributed by atoms with Crippen LogP contribution in [-0.2, 0) is 20.7 Å². The number of hydrogen-bond acceptors (Lipinski definition) is 5. The van der Waals surface area contributed by atoms with Gasteiger partial charge < -0.3 is 14.6 Å². The Morgan fingerprint density at radius 1 is 1.03 bits per heavy atom. The summed E-state index contributed by atoms with van der Waals surface area (Å²) in [5, 5.41) is 10.5. The maximum atomic E-state index is 12.6. The van der Waals surface area contributed by atoms with Crippen LogP contribution in [0.2, 0.25) is 0 Å². The van der Waals surface area contributed by atoms with Crippen molar-refractivity contribution < 1.29 is 29.0 Å². The highest BCUT2D eigenvalue weighted by Crippen LogP contribution is 2.25. The summed E-state index contributed by atoms with van der Waals surface area (Å²) >= 11 is 0. The number of rotatable bonds is 5. The number of carboxylic acids is 1. The predicted octanol–water partition coefficient (Wildman–Crippen LogP) is 4.68. The van der Waals surface area contributed by atoms with Crippen molar-refractivity contribution in [1.29, 1.82) is 0 Å². The van der Waals surface area contributed by atoms with Crippen molar-refractivity contribution in [1.82, 2.24) is 9.47 Å². The van der Waals surface area contributed by atoms with Gasteiger partial charge in [0.15, 0.2) is 0 Å². The Bertz CT molecular complexity index is 965. The number of amides is 1. The van der Waals surface area contributed by atoms with E-state index in [2.05, 4.69) is 0 Å². The average molecular weight is 433 g/mol. The molecule has 1 unspecified atom stereocenters. The fraction of sp³-hybridized carbons (Fsp3) is 0.522. The quantitative estimate of drug-likeness (QED) is 0.737. The zero-order valence-electron chi connectivity index (χ0n) is 19.3. The SMILES string of the molecule is CN(C(=O)OC(C)(C)C)C(CCc1cn(C(=O)OC(C)(C)C)c2ccccc12)C(=O)O. The Balaban J connectivity index is 2.27. The first kappa shape index (κ1) is 24.2. The normalized spacial score (nSPS) is 13.0. The van der Waals surface area contributed by atoms with E-state index in [0.717, 1.165) is 15.8 Å². The van der Waals surface area contributed by atoms with Crippen molar-refractivity contribution in [3.63, 3.8) is 0 Å². The van der Waals surface area contributed by atoms with Crippen LogP contribution in [0.5, 0.6) is 0 Å². The molecule has 0 spiro atoms. The molecular formula is C23H32N2O6. The second-order valence-electron chi connectivity index (χ2n) is 9.51. The second-order valence-corrected chi connectivity index (χ2v) is 9.51. The molecule has 0 fully saturated rings. The molecule has 1 N–H and O–H groups in total. The van der Waals surface area contributed by atoms with Crippen LogP contribution in [-0.4, -0.2) is 57.0 Å². The van der Waals surface area contributed by atoms with Gasteiger partial charge in [0, 0.05) is 18.6 Å². The summed E-state index contributed by atoms with van der Waals surface area (Å²) in [6.45, 7) is 10.5. The molecule has 0 saturated carbocycles. The zero-order chi connectivity index (χ0) is 23.6. The predicted molar refractivity (Wildman–Crippen MR) is 117 cm³/mol. The molecule has 1 atom stereocenters. The lowest BCUT2D eigenvalue weighted by Gasteiger charge is -2.28. The number of nitrogens with zero attached hydrogens (tertiary/aromatic N) is 2. The van der Waals surface area contributed by atoms with Crippen LogP contribution in [0.15, 0.2) is 30.5 Å². The van der Waals surface area contributed by atoms with Gasteiger partial charge in [-0.1, -0.05) is 18.2 Å². The molecule has 170 valence electrons. The molecule has 1 aromatic carbocycles. The largest absolute Gasteiger partial charge is 0.480 e. The molecule has 31 heavy (non-hydrogen) atoms. The molecule has 8 nitrogen and oxygen atoms in total. The lowest BCUT2D eigenvalue weighted by Crippen LogP contribution is -2.45. The molecule has 0 aliphatic rings. The molecule has 0 saturated heterocycles. The van der Waals surface area contributed by atoms with Crippen LogP contribution in [0, 0.1) is 0 Å². The number of fused-ring (bicyclic) bond motifs is 1. The summed E-state index contributed by atoms with van der Waals surface area (Å²) in [5.41, 5.74) is 0.104. The van der Waals surface area contributed by atoms with Crippen LogP contribution >= 0.6 is 0 Å². The highest BCUT2D eigenvalue weighted by Gasteiger charge is 2.30. The van der Waals surface area contributed by atoms with Crippen molar-refractivity contribution in [2.75, 3.05) is 7.05 Å². The van der Waals surface area contributed by atoms with Gasteiger partial charge in [0.1, 0.15) is 17.2 Å². The molecule has 0 aliphatic carbocycles. The summed E-state index contributed by atoms with van der Waals surface area (Å²) in [4.78, 5) is 37.9. The Kier molecular flexibility index (Phi) is 7.03. The molecule has 1 amide bonds. The summed E-state index contributed by atoms with van der Waals surface area (Å²) in [5.74, 6) is -1.12. The zero-order valence-corrected chi connectivity index (χ0v) is 19.3. The number of para-hydroxylation sites is 1. The minimum Gasteiger partial charge on any atom is -0.480 e. The van der Waals surface area contributed by atoms with Gasteiger partial charge in [-0.15, -0.1) is 0 Å². The molecule has 0 bridgehead atoms. The first-order valence-electron chi connectivity index (χ1n) is 10.2. The first-order chi connectivity index (χ1) is 14.2. The fourth-order valence-corrected chi connectivity index (χ4v) is 3.15. The summed E-state index contributed by atoms with van der Waals surface area (Å²) < 4.78 is 12.2.